The van der Waals surface area contributed by atoms with E-state index in [2.05, 4.69) is 4.72 Å². The van der Waals surface area contributed by atoms with Crippen LogP contribution in [0.4, 0.5) is 0 Å². The molecular weight excluding hydrogens is 274 g/mol. The smallest absolute Gasteiger partial charge is 0.241 e. The van der Waals surface area contributed by atoms with Crippen molar-refractivity contribution in [2.45, 2.75) is 37.6 Å². The molecule has 5 nitrogen and oxygen atoms in total. The first kappa shape index (κ1) is 16.6. The summed E-state index contributed by atoms with van der Waals surface area (Å²) in [6.07, 6.45) is 0.652. The third-order valence-electron chi connectivity index (χ3n) is 2.98. The van der Waals surface area contributed by atoms with Crippen LogP contribution in [0.3, 0.4) is 0 Å². The summed E-state index contributed by atoms with van der Waals surface area (Å²) < 4.78 is 27.3. The molecular formula is C14H21N3O2S. The molecule has 110 valence electrons. The fourth-order valence-corrected chi connectivity index (χ4v) is 3.59. The van der Waals surface area contributed by atoms with Gasteiger partial charge in [0, 0.05) is 12.1 Å². The van der Waals surface area contributed by atoms with Gasteiger partial charge in [0.1, 0.15) is 0 Å². The number of hydrogen-bond acceptors (Lipinski definition) is 4. The minimum atomic E-state index is -3.64. The topological polar surface area (TPSA) is 96.0 Å². The van der Waals surface area contributed by atoms with Gasteiger partial charge in [0.25, 0.3) is 0 Å². The molecule has 0 fully saturated rings. The summed E-state index contributed by atoms with van der Waals surface area (Å²) in [4.78, 5) is 0.139. The van der Waals surface area contributed by atoms with E-state index in [0.29, 0.717) is 17.9 Å². The second kappa shape index (κ2) is 6.35. The fourth-order valence-electron chi connectivity index (χ4n) is 2.16. The largest absolute Gasteiger partial charge is 0.329 e. The zero-order valence-electron chi connectivity index (χ0n) is 12.1. The summed E-state index contributed by atoms with van der Waals surface area (Å²) in [5, 5.41) is 8.72. The summed E-state index contributed by atoms with van der Waals surface area (Å²) in [5.41, 5.74) is 5.46. The highest BCUT2D eigenvalue weighted by Crippen LogP contribution is 2.19. The molecule has 1 rings (SSSR count). The number of benzene rings is 1. The molecule has 6 heteroatoms. The summed E-state index contributed by atoms with van der Waals surface area (Å²) in [6, 6.07) is 7.77. The predicted octanol–water partition coefficient (Wildman–Crippen LogP) is 1.60. The molecule has 3 N–H and O–H groups in total. The molecule has 0 saturated carbocycles. The van der Waals surface area contributed by atoms with Crippen molar-refractivity contribution in [3.63, 3.8) is 0 Å². The maximum absolute atomic E-state index is 12.3. The number of nitrogens with zero attached hydrogens (tertiary/aromatic N) is 1. The Labute approximate surface area is 120 Å². The quantitative estimate of drug-likeness (QED) is 0.833. The molecule has 0 amide bonds. The third-order valence-corrected chi connectivity index (χ3v) is 4.64. The minimum Gasteiger partial charge on any atom is -0.329 e. The van der Waals surface area contributed by atoms with Crippen LogP contribution in [-0.4, -0.2) is 20.5 Å². The average Bonchev–Trinajstić information content (AvgIpc) is 2.37. The van der Waals surface area contributed by atoms with Crippen molar-refractivity contribution in [2.75, 3.05) is 6.54 Å². The molecule has 0 aliphatic carbocycles. The Balaban J connectivity index is 3.01. The predicted molar refractivity (Wildman–Crippen MR) is 78.4 cm³/mol. The molecule has 1 aromatic rings. The summed E-state index contributed by atoms with van der Waals surface area (Å²) in [7, 11) is -3.64. The number of rotatable bonds is 6. The van der Waals surface area contributed by atoms with Gasteiger partial charge < -0.3 is 5.73 Å². The molecule has 0 radical (unpaired) electrons. The van der Waals surface area contributed by atoms with Crippen molar-refractivity contribution < 1.29 is 8.42 Å². The van der Waals surface area contributed by atoms with E-state index >= 15 is 0 Å². The summed E-state index contributed by atoms with van der Waals surface area (Å²) in [5.74, 6) is 0.326. The molecule has 0 saturated heterocycles. The van der Waals surface area contributed by atoms with Crippen LogP contribution in [0.25, 0.3) is 0 Å². The van der Waals surface area contributed by atoms with Crippen molar-refractivity contribution in [1.29, 1.82) is 5.26 Å². The molecule has 0 aliphatic rings. The van der Waals surface area contributed by atoms with Crippen molar-refractivity contribution >= 4 is 10.0 Å². The first-order valence-corrected chi connectivity index (χ1v) is 7.95. The van der Waals surface area contributed by atoms with Crippen LogP contribution < -0.4 is 10.5 Å². The average molecular weight is 295 g/mol. The lowest BCUT2D eigenvalue weighted by atomic mass is 9.92. The van der Waals surface area contributed by atoms with Gasteiger partial charge in [-0.25, -0.2) is 13.1 Å². The SMILES string of the molecule is CC(C)C[C@@](C)(CN)NS(=O)(=O)c1ccc(C#N)cc1. The van der Waals surface area contributed by atoms with Gasteiger partial charge in [0.2, 0.25) is 10.0 Å². The van der Waals surface area contributed by atoms with Gasteiger partial charge in [-0.05, 0) is 43.5 Å². The highest BCUT2D eigenvalue weighted by Gasteiger charge is 2.30. The van der Waals surface area contributed by atoms with E-state index in [9.17, 15) is 8.42 Å². The second-order valence-corrected chi connectivity index (χ2v) is 7.29. The highest BCUT2D eigenvalue weighted by atomic mass is 32.2. The Morgan fingerprint density at radius 1 is 1.35 bits per heavy atom. The molecule has 0 bridgehead atoms. The highest BCUT2D eigenvalue weighted by molar-refractivity contribution is 7.89. The molecule has 0 heterocycles. The van der Waals surface area contributed by atoms with E-state index in [1.165, 1.54) is 24.3 Å². The fraction of sp³-hybridized carbons (Fsp3) is 0.500. The van der Waals surface area contributed by atoms with Crippen LogP contribution in [-0.2, 0) is 10.0 Å². The lowest BCUT2D eigenvalue weighted by Gasteiger charge is -2.30. The lowest BCUT2D eigenvalue weighted by Crippen LogP contribution is -2.51. The van der Waals surface area contributed by atoms with Crippen LogP contribution in [0.1, 0.15) is 32.8 Å². The van der Waals surface area contributed by atoms with Crippen LogP contribution in [0.2, 0.25) is 0 Å². The van der Waals surface area contributed by atoms with Gasteiger partial charge in [0.15, 0.2) is 0 Å². The van der Waals surface area contributed by atoms with Crippen LogP contribution in [0.5, 0.6) is 0 Å². The first-order valence-electron chi connectivity index (χ1n) is 6.46. The van der Waals surface area contributed by atoms with E-state index in [4.69, 9.17) is 11.0 Å². The Bertz CT molecular complexity index is 588. The monoisotopic (exact) mass is 295 g/mol. The third kappa shape index (κ3) is 4.30. The maximum Gasteiger partial charge on any atom is 0.241 e. The second-order valence-electron chi connectivity index (χ2n) is 5.60. The van der Waals surface area contributed by atoms with Crippen molar-refractivity contribution in [3.8, 4) is 6.07 Å². The van der Waals surface area contributed by atoms with Gasteiger partial charge >= 0.3 is 0 Å². The van der Waals surface area contributed by atoms with Crippen molar-refractivity contribution in [1.82, 2.24) is 4.72 Å². The Morgan fingerprint density at radius 3 is 2.30 bits per heavy atom. The normalized spacial score (nSPS) is 14.8. The Hall–Kier alpha value is -1.42. The lowest BCUT2D eigenvalue weighted by molar-refractivity contribution is 0.344. The molecule has 1 atom stereocenters. The maximum atomic E-state index is 12.3. The zero-order chi connectivity index (χ0) is 15.4. The summed E-state index contributed by atoms with van der Waals surface area (Å²) in [6.45, 7) is 6.06. The van der Waals surface area contributed by atoms with Crippen molar-refractivity contribution in [3.05, 3.63) is 29.8 Å². The van der Waals surface area contributed by atoms with Gasteiger partial charge in [-0.2, -0.15) is 5.26 Å². The van der Waals surface area contributed by atoms with E-state index in [-0.39, 0.29) is 11.4 Å². The minimum absolute atomic E-state index is 0.139. The van der Waals surface area contributed by atoms with E-state index in [0.717, 1.165) is 0 Å². The van der Waals surface area contributed by atoms with Crippen LogP contribution in [0.15, 0.2) is 29.2 Å². The van der Waals surface area contributed by atoms with Gasteiger partial charge in [-0.1, -0.05) is 13.8 Å². The van der Waals surface area contributed by atoms with Crippen LogP contribution in [0, 0.1) is 17.2 Å². The molecule has 20 heavy (non-hydrogen) atoms. The van der Waals surface area contributed by atoms with Gasteiger partial charge in [-0.15, -0.1) is 0 Å². The van der Waals surface area contributed by atoms with E-state index < -0.39 is 15.6 Å². The standard InChI is InChI=1S/C14H21N3O2S/c1-11(2)8-14(3,10-16)17-20(18,19)13-6-4-12(9-15)5-7-13/h4-7,11,17H,8,10,16H2,1-3H3/t14-/m0/s1. The molecule has 0 aliphatic heterocycles. The molecule has 0 unspecified atom stereocenters. The number of sulfonamides is 1. The van der Waals surface area contributed by atoms with E-state index in [1.54, 1.807) is 6.92 Å². The van der Waals surface area contributed by atoms with Gasteiger partial charge in [0.05, 0.1) is 16.5 Å². The Kier molecular flexibility index (Phi) is 5.28. The Morgan fingerprint density at radius 2 is 1.90 bits per heavy atom. The van der Waals surface area contributed by atoms with Gasteiger partial charge in [-0.3, -0.25) is 0 Å². The zero-order valence-corrected chi connectivity index (χ0v) is 12.9. The molecule has 1 aromatic carbocycles. The van der Waals surface area contributed by atoms with Crippen molar-refractivity contribution in [2.24, 2.45) is 11.7 Å². The summed E-state index contributed by atoms with van der Waals surface area (Å²) >= 11 is 0. The van der Waals surface area contributed by atoms with Crippen LogP contribution >= 0.6 is 0 Å². The number of nitriles is 1. The number of nitrogens with one attached hydrogen (secondary N) is 1. The molecule has 0 aromatic heterocycles. The van der Waals surface area contributed by atoms with E-state index in [1.807, 2.05) is 19.9 Å². The number of nitrogens with two attached hydrogens (primary N) is 1. The first-order chi connectivity index (χ1) is 9.22. The number of hydrogen-bond donors (Lipinski definition) is 2. The molecule has 0 spiro atoms.